The summed E-state index contributed by atoms with van der Waals surface area (Å²) in [6.07, 6.45) is 5.18. The quantitative estimate of drug-likeness (QED) is 0.648. The van der Waals surface area contributed by atoms with Gasteiger partial charge in [-0.1, -0.05) is 6.92 Å². The van der Waals surface area contributed by atoms with Crippen LogP contribution < -0.4 is 10.6 Å². The second kappa shape index (κ2) is 9.34. The van der Waals surface area contributed by atoms with Gasteiger partial charge >= 0.3 is 0 Å². The molecule has 1 aliphatic heterocycles. The van der Waals surface area contributed by atoms with E-state index in [0.717, 1.165) is 39.1 Å². The minimum atomic E-state index is 0.200. The maximum Gasteiger partial charge on any atom is 0.220 e. The molecule has 0 saturated carbocycles. The number of hydrogen-bond donors (Lipinski definition) is 2. The monoisotopic (exact) mass is 256 g/mol. The summed E-state index contributed by atoms with van der Waals surface area (Å²) in [4.78, 5) is 11.8. The maximum atomic E-state index is 11.8. The number of carbonyl (C=O) groups excluding carboxylic acids is 1. The number of amides is 1. The molecule has 18 heavy (non-hydrogen) atoms. The molecule has 1 amide bonds. The first kappa shape index (κ1) is 15.4. The second-order valence-corrected chi connectivity index (χ2v) is 5.34. The summed E-state index contributed by atoms with van der Waals surface area (Å²) in [6.45, 7) is 5.96. The largest absolute Gasteiger partial charge is 0.385 e. The van der Waals surface area contributed by atoms with E-state index in [1.807, 2.05) is 0 Å². The predicted octanol–water partition coefficient (Wildman–Crippen LogP) is 1.56. The van der Waals surface area contributed by atoms with Crippen LogP contribution in [-0.2, 0) is 9.53 Å². The first-order chi connectivity index (χ1) is 8.74. The fraction of sp³-hybridized carbons (Fsp3) is 0.929. The van der Waals surface area contributed by atoms with Crippen LogP contribution in [0.25, 0.3) is 0 Å². The van der Waals surface area contributed by atoms with Gasteiger partial charge in [0.1, 0.15) is 0 Å². The maximum absolute atomic E-state index is 11.8. The molecule has 1 fully saturated rings. The van der Waals surface area contributed by atoms with Gasteiger partial charge in [0, 0.05) is 26.7 Å². The molecule has 2 atom stereocenters. The van der Waals surface area contributed by atoms with E-state index in [-0.39, 0.29) is 5.91 Å². The van der Waals surface area contributed by atoms with E-state index in [2.05, 4.69) is 17.6 Å². The third kappa shape index (κ3) is 6.36. The Morgan fingerprint density at radius 3 is 3.00 bits per heavy atom. The zero-order valence-electron chi connectivity index (χ0n) is 11.8. The molecule has 1 aliphatic rings. The number of unbranched alkanes of at least 4 members (excludes halogenated alkanes) is 1. The lowest BCUT2D eigenvalue weighted by Crippen LogP contribution is -2.35. The minimum absolute atomic E-state index is 0.200. The van der Waals surface area contributed by atoms with Crippen molar-refractivity contribution >= 4 is 5.91 Å². The highest BCUT2D eigenvalue weighted by atomic mass is 16.5. The van der Waals surface area contributed by atoms with Crippen LogP contribution in [0.15, 0.2) is 0 Å². The van der Waals surface area contributed by atoms with Gasteiger partial charge in [0.15, 0.2) is 0 Å². The van der Waals surface area contributed by atoms with Crippen molar-refractivity contribution in [1.29, 1.82) is 0 Å². The lowest BCUT2D eigenvalue weighted by molar-refractivity contribution is -0.122. The SMILES string of the molecule is COCCCCNC(=O)CC(C)C1CCCNC1. The predicted molar refractivity (Wildman–Crippen MR) is 73.5 cm³/mol. The van der Waals surface area contributed by atoms with Crippen LogP contribution in [0.4, 0.5) is 0 Å². The van der Waals surface area contributed by atoms with E-state index in [1.54, 1.807) is 7.11 Å². The highest BCUT2D eigenvalue weighted by molar-refractivity contribution is 5.76. The summed E-state index contributed by atoms with van der Waals surface area (Å²) in [7, 11) is 1.71. The van der Waals surface area contributed by atoms with Crippen molar-refractivity contribution in [3.63, 3.8) is 0 Å². The highest BCUT2D eigenvalue weighted by Gasteiger charge is 2.21. The average Bonchev–Trinajstić information content (AvgIpc) is 2.39. The van der Waals surface area contributed by atoms with E-state index in [1.165, 1.54) is 12.8 Å². The molecule has 4 heteroatoms. The Labute approximate surface area is 111 Å². The third-order valence-electron chi connectivity index (χ3n) is 3.74. The van der Waals surface area contributed by atoms with Gasteiger partial charge in [-0.15, -0.1) is 0 Å². The third-order valence-corrected chi connectivity index (χ3v) is 3.74. The summed E-state index contributed by atoms with van der Waals surface area (Å²) < 4.78 is 4.97. The van der Waals surface area contributed by atoms with E-state index >= 15 is 0 Å². The molecule has 0 spiro atoms. The van der Waals surface area contributed by atoms with Gasteiger partial charge in [0.2, 0.25) is 5.91 Å². The van der Waals surface area contributed by atoms with E-state index in [0.29, 0.717) is 18.3 Å². The van der Waals surface area contributed by atoms with Crippen molar-refractivity contribution in [2.45, 2.75) is 39.0 Å². The van der Waals surface area contributed by atoms with Gasteiger partial charge in [-0.05, 0) is 50.6 Å². The van der Waals surface area contributed by atoms with E-state index in [4.69, 9.17) is 4.74 Å². The second-order valence-electron chi connectivity index (χ2n) is 5.34. The van der Waals surface area contributed by atoms with Crippen molar-refractivity contribution in [2.24, 2.45) is 11.8 Å². The number of nitrogens with one attached hydrogen (secondary N) is 2. The zero-order chi connectivity index (χ0) is 13.2. The van der Waals surface area contributed by atoms with Gasteiger partial charge in [0.05, 0.1) is 0 Å². The highest BCUT2D eigenvalue weighted by Crippen LogP contribution is 2.22. The summed E-state index contributed by atoms with van der Waals surface area (Å²) in [5, 5.41) is 6.41. The Kier molecular flexibility index (Phi) is 8.01. The first-order valence-corrected chi connectivity index (χ1v) is 7.20. The van der Waals surface area contributed by atoms with Gasteiger partial charge in [-0.3, -0.25) is 4.79 Å². The number of methoxy groups -OCH3 is 1. The lowest BCUT2D eigenvalue weighted by Gasteiger charge is -2.28. The van der Waals surface area contributed by atoms with Crippen LogP contribution in [0, 0.1) is 11.8 Å². The van der Waals surface area contributed by atoms with Crippen molar-refractivity contribution in [3.8, 4) is 0 Å². The topological polar surface area (TPSA) is 50.4 Å². The van der Waals surface area contributed by atoms with Gasteiger partial charge in [0.25, 0.3) is 0 Å². The molecule has 0 radical (unpaired) electrons. The Bertz CT molecular complexity index is 228. The minimum Gasteiger partial charge on any atom is -0.385 e. The summed E-state index contributed by atoms with van der Waals surface area (Å²) >= 11 is 0. The lowest BCUT2D eigenvalue weighted by atomic mass is 9.85. The Hall–Kier alpha value is -0.610. The molecule has 2 unspecified atom stereocenters. The molecule has 1 rings (SSSR count). The van der Waals surface area contributed by atoms with Crippen molar-refractivity contribution < 1.29 is 9.53 Å². The van der Waals surface area contributed by atoms with E-state index < -0.39 is 0 Å². The number of hydrogen-bond acceptors (Lipinski definition) is 3. The van der Waals surface area contributed by atoms with Crippen LogP contribution in [0.5, 0.6) is 0 Å². The molecule has 1 heterocycles. The van der Waals surface area contributed by atoms with Crippen molar-refractivity contribution in [1.82, 2.24) is 10.6 Å². The molecule has 0 aromatic heterocycles. The molecule has 0 aromatic carbocycles. The fourth-order valence-corrected chi connectivity index (χ4v) is 2.49. The molecule has 2 N–H and O–H groups in total. The Morgan fingerprint density at radius 2 is 2.33 bits per heavy atom. The zero-order valence-corrected chi connectivity index (χ0v) is 11.8. The molecule has 0 bridgehead atoms. The van der Waals surface area contributed by atoms with Crippen LogP contribution in [0.3, 0.4) is 0 Å². The van der Waals surface area contributed by atoms with Gasteiger partial charge in [-0.25, -0.2) is 0 Å². The standard InChI is InChI=1S/C14H28N2O2/c1-12(13-6-5-7-15-11-13)10-14(17)16-8-3-4-9-18-2/h12-13,15H,3-11H2,1-2H3,(H,16,17). The smallest absolute Gasteiger partial charge is 0.220 e. The van der Waals surface area contributed by atoms with Crippen LogP contribution in [0.1, 0.15) is 39.0 Å². The van der Waals surface area contributed by atoms with E-state index in [9.17, 15) is 4.79 Å². The normalized spacial score (nSPS) is 21.6. The van der Waals surface area contributed by atoms with Crippen LogP contribution in [-0.4, -0.2) is 39.3 Å². The summed E-state index contributed by atoms with van der Waals surface area (Å²) in [6, 6.07) is 0. The molecular formula is C14H28N2O2. The van der Waals surface area contributed by atoms with Crippen molar-refractivity contribution in [3.05, 3.63) is 0 Å². The molecule has 1 saturated heterocycles. The van der Waals surface area contributed by atoms with Gasteiger partial charge in [-0.2, -0.15) is 0 Å². The summed E-state index contributed by atoms with van der Waals surface area (Å²) in [5.74, 6) is 1.35. The molecule has 0 aromatic rings. The number of ether oxygens (including phenoxy) is 1. The molecule has 106 valence electrons. The average molecular weight is 256 g/mol. The summed E-state index contributed by atoms with van der Waals surface area (Å²) in [5.41, 5.74) is 0. The molecule has 4 nitrogen and oxygen atoms in total. The molecular weight excluding hydrogens is 228 g/mol. The number of carbonyl (C=O) groups is 1. The molecule has 0 aliphatic carbocycles. The number of rotatable bonds is 8. The van der Waals surface area contributed by atoms with Crippen molar-refractivity contribution in [2.75, 3.05) is 33.4 Å². The fourth-order valence-electron chi connectivity index (χ4n) is 2.49. The van der Waals surface area contributed by atoms with Crippen LogP contribution >= 0.6 is 0 Å². The Balaban J connectivity index is 2.07. The van der Waals surface area contributed by atoms with Crippen LogP contribution in [0.2, 0.25) is 0 Å². The van der Waals surface area contributed by atoms with Gasteiger partial charge < -0.3 is 15.4 Å². The first-order valence-electron chi connectivity index (χ1n) is 7.20. The number of piperidine rings is 1. The Morgan fingerprint density at radius 1 is 1.50 bits per heavy atom.